The Hall–Kier alpha value is -2.07. The van der Waals surface area contributed by atoms with Crippen molar-refractivity contribution in [3.63, 3.8) is 0 Å². The summed E-state index contributed by atoms with van der Waals surface area (Å²) in [4.78, 5) is 3.69. The van der Waals surface area contributed by atoms with Gasteiger partial charge in [-0.05, 0) is 18.6 Å². The molecule has 2 aromatic heterocycles. The van der Waals surface area contributed by atoms with E-state index in [4.69, 9.17) is 16.9 Å². The van der Waals surface area contributed by atoms with E-state index in [9.17, 15) is 13.2 Å². The number of hydrogen-bond donors (Lipinski definition) is 0. The Labute approximate surface area is 117 Å². The Morgan fingerprint density at radius 2 is 2.10 bits per heavy atom. The molecule has 4 nitrogen and oxygen atoms in total. The molecule has 8 heteroatoms. The van der Waals surface area contributed by atoms with Crippen molar-refractivity contribution in [1.82, 2.24) is 14.8 Å². The molecule has 0 atom stereocenters. The molecule has 0 fully saturated rings. The summed E-state index contributed by atoms with van der Waals surface area (Å²) in [5.41, 5.74) is -0.184. The van der Waals surface area contributed by atoms with Gasteiger partial charge >= 0.3 is 6.18 Å². The third kappa shape index (κ3) is 2.47. The summed E-state index contributed by atoms with van der Waals surface area (Å²) in [6.07, 6.45) is -3.27. The minimum absolute atomic E-state index is 0.0385. The van der Waals surface area contributed by atoms with Crippen molar-refractivity contribution in [2.24, 2.45) is 0 Å². The van der Waals surface area contributed by atoms with Crippen LogP contribution in [-0.2, 0) is 12.6 Å². The van der Waals surface area contributed by atoms with Crippen molar-refractivity contribution < 1.29 is 13.2 Å². The van der Waals surface area contributed by atoms with Gasteiger partial charge in [0, 0.05) is 6.20 Å². The molecule has 0 saturated carbocycles. The molecule has 2 aromatic rings. The maximum absolute atomic E-state index is 12.4. The molecule has 0 saturated heterocycles. The minimum Gasteiger partial charge on any atom is -0.236 e. The summed E-state index contributed by atoms with van der Waals surface area (Å²) in [6.45, 7) is 1.80. The summed E-state index contributed by atoms with van der Waals surface area (Å²) in [5.74, 6) is 0.124. The molecular formula is C12H8ClF3N4. The molecule has 0 unspecified atom stereocenters. The zero-order chi connectivity index (χ0) is 14.9. The number of nitriles is 1. The Kier molecular flexibility index (Phi) is 3.68. The molecule has 0 amide bonds. The van der Waals surface area contributed by atoms with E-state index in [1.807, 2.05) is 6.07 Å². The molecule has 2 heterocycles. The molecular weight excluding hydrogens is 293 g/mol. The summed E-state index contributed by atoms with van der Waals surface area (Å²) < 4.78 is 38.5. The van der Waals surface area contributed by atoms with Crippen molar-refractivity contribution >= 4 is 11.6 Å². The highest BCUT2D eigenvalue weighted by molar-refractivity contribution is 6.31. The fourth-order valence-corrected chi connectivity index (χ4v) is 1.90. The first-order valence-electron chi connectivity index (χ1n) is 5.59. The molecule has 0 spiro atoms. The Bertz CT molecular complexity index is 668. The van der Waals surface area contributed by atoms with Gasteiger partial charge in [-0.3, -0.25) is 0 Å². The molecule has 0 radical (unpaired) electrons. The Balaban J connectivity index is 2.48. The van der Waals surface area contributed by atoms with Crippen molar-refractivity contribution in [2.75, 3.05) is 0 Å². The van der Waals surface area contributed by atoms with Crippen LogP contribution in [0, 0.1) is 11.3 Å². The van der Waals surface area contributed by atoms with Gasteiger partial charge < -0.3 is 0 Å². The molecule has 0 bridgehead atoms. The predicted molar refractivity (Wildman–Crippen MR) is 65.5 cm³/mol. The topological polar surface area (TPSA) is 54.5 Å². The number of alkyl halides is 3. The van der Waals surface area contributed by atoms with E-state index >= 15 is 0 Å². The second kappa shape index (κ2) is 5.13. The average molecular weight is 301 g/mol. The van der Waals surface area contributed by atoms with E-state index < -0.39 is 11.7 Å². The summed E-state index contributed by atoms with van der Waals surface area (Å²) in [7, 11) is 0. The lowest BCUT2D eigenvalue weighted by molar-refractivity contribution is -0.137. The van der Waals surface area contributed by atoms with E-state index in [0.29, 0.717) is 18.3 Å². The van der Waals surface area contributed by atoms with Gasteiger partial charge in [0.2, 0.25) is 0 Å². The summed E-state index contributed by atoms with van der Waals surface area (Å²) >= 11 is 5.99. The summed E-state index contributed by atoms with van der Waals surface area (Å²) in [6, 6.07) is 3.96. The number of hydrogen-bond acceptors (Lipinski definition) is 3. The van der Waals surface area contributed by atoms with Gasteiger partial charge in [0.25, 0.3) is 0 Å². The smallest absolute Gasteiger partial charge is 0.236 e. The maximum Gasteiger partial charge on any atom is 0.417 e. The largest absolute Gasteiger partial charge is 0.417 e. The van der Waals surface area contributed by atoms with Crippen LogP contribution >= 0.6 is 11.6 Å². The van der Waals surface area contributed by atoms with Gasteiger partial charge in [-0.1, -0.05) is 18.5 Å². The number of aryl methyl sites for hydroxylation is 1. The van der Waals surface area contributed by atoms with Crippen LogP contribution in [0.3, 0.4) is 0 Å². The van der Waals surface area contributed by atoms with Crippen molar-refractivity contribution in [1.29, 1.82) is 5.26 Å². The average Bonchev–Trinajstić information content (AvgIpc) is 2.74. The number of halogens is 4. The standard InChI is InChI=1S/C12H8ClF3N4/c1-2-9-8(5-17)11(13)20(19-9)10-4-3-7(6-18-10)12(14,15)16/h3-4,6H,2H2,1H3. The normalized spacial score (nSPS) is 11.4. The van der Waals surface area contributed by atoms with Crippen LogP contribution in [0.4, 0.5) is 13.2 Å². The van der Waals surface area contributed by atoms with E-state index in [-0.39, 0.29) is 16.5 Å². The van der Waals surface area contributed by atoms with Crippen molar-refractivity contribution in [3.8, 4) is 11.9 Å². The predicted octanol–water partition coefficient (Wildman–Crippen LogP) is 3.37. The first-order valence-corrected chi connectivity index (χ1v) is 5.97. The lowest BCUT2D eigenvalue weighted by Gasteiger charge is -2.07. The number of pyridine rings is 1. The van der Waals surface area contributed by atoms with Crippen LogP contribution < -0.4 is 0 Å². The highest BCUT2D eigenvalue weighted by Gasteiger charge is 2.31. The van der Waals surface area contributed by atoms with Gasteiger partial charge in [-0.2, -0.15) is 23.5 Å². The van der Waals surface area contributed by atoms with Crippen LogP contribution in [0.15, 0.2) is 18.3 Å². The molecule has 0 aromatic carbocycles. The van der Waals surface area contributed by atoms with Gasteiger partial charge in [0.05, 0.1) is 11.3 Å². The van der Waals surface area contributed by atoms with Crippen LogP contribution in [0.25, 0.3) is 5.82 Å². The third-order valence-electron chi connectivity index (χ3n) is 2.64. The fraction of sp³-hybridized carbons (Fsp3) is 0.250. The van der Waals surface area contributed by atoms with Crippen LogP contribution in [0.2, 0.25) is 5.15 Å². The van der Waals surface area contributed by atoms with E-state index in [0.717, 1.165) is 16.8 Å². The Morgan fingerprint density at radius 3 is 2.50 bits per heavy atom. The monoisotopic (exact) mass is 300 g/mol. The summed E-state index contributed by atoms with van der Waals surface area (Å²) in [5, 5.41) is 13.1. The zero-order valence-electron chi connectivity index (χ0n) is 10.2. The molecule has 0 aliphatic rings. The second-order valence-electron chi connectivity index (χ2n) is 3.89. The minimum atomic E-state index is -4.45. The van der Waals surface area contributed by atoms with Gasteiger partial charge in [-0.25, -0.2) is 9.67 Å². The Morgan fingerprint density at radius 1 is 1.40 bits per heavy atom. The third-order valence-corrected chi connectivity index (χ3v) is 2.99. The molecule has 0 aliphatic carbocycles. The SMILES string of the molecule is CCc1nn(-c2ccc(C(F)(F)F)cn2)c(Cl)c1C#N. The zero-order valence-corrected chi connectivity index (χ0v) is 11.0. The highest BCUT2D eigenvalue weighted by Crippen LogP contribution is 2.29. The first kappa shape index (κ1) is 14.3. The van der Waals surface area contributed by atoms with Crippen molar-refractivity contribution in [2.45, 2.75) is 19.5 Å². The lowest BCUT2D eigenvalue weighted by atomic mass is 10.2. The number of aromatic nitrogens is 3. The molecule has 104 valence electrons. The second-order valence-corrected chi connectivity index (χ2v) is 4.25. The molecule has 20 heavy (non-hydrogen) atoms. The lowest BCUT2D eigenvalue weighted by Crippen LogP contribution is -2.07. The highest BCUT2D eigenvalue weighted by atomic mass is 35.5. The first-order chi connectivity index (χ1) is 9.38. The van der Waals surface area contributed by atoms with Crippen molar-refractivity contribution in [3.05, 3.63) is 40.3 Å². The molecule has 2 rings (SSSR count). The van der Waals surface area contributed by atoms with E-state index in [1.165, 1.54) is 0 Å². The quantitative estimate of drug-likeness (QED) is 0.854. The van der Waals surface area contributed by atoms with Crippen LogP contribution in [-0.4, -0.2) is 14.8 Å². The van der Waals surface area contributed by atoms with Crippen LogP contribution in [0.1, 0.15) is 23.7 Å². The number of rotatable bonds is 2. The molecule has 0 N–H and O–H groups in total. The van der Waals surface area contributed by atoms with Gasteiger partial charge in [-0.15, -0.1) is 0 Å². The maximum atomic E-state index is 12.4. The van der Waals surface area contributed by atoms with Gasteiger partial charge in [0.1, 0.15) is 11.6 Å². The van der Waals surface area contributed by atoms with E-state index in [1.54, 1.807) is 6.92 Å². The van der Waals surface area contributed by atoms with Crippen LogP contribution in [0.5, 0.6) is 0 Å². The molecule has 0 aliphatic heterocycles. The number of nitrogens with zero attached hydrogens (tertiary/aromatic N) is 4. The van der Waals surface area contributed by atoms with Gasteiger partial charge in [0.15, 0.2) is 11.0 Å². The fourth-order valence-electron chi connectivity index (χ4n) is 1.63. The van der Waals surface area contributed by atoms with E-state index in [2.05, 4.69) is 10.1 Å².